The summed E-state index contributed by atoms with van der Waals surface area (Å²) in [4.78, 5) is 0.844. The molecule has 1 fully saturated rings. The van der Waals surface area contributed by atoms with Gasteiger partial charge < -0.3 is 0 Å². The van der Waals surface area contributed by atoms with Crippen LogP contribution in [0.2, 0.25) is 0 Å². The summed E-state index contributed by atoms with van der Waals surface area (Å²) in [7, 11) is 0. The lowest BCUT2D eigenvalue weighted by atomic mass is 9.83. The van der Waals surface area contributed by atoms with Gasteiger partial charge in [-0.2, -0.15) is 0 Å². The standard InChI is InChI=1S/C13H14F2S/c14-13(15)8-6-11(7-9-13)12(16)10-4-2-1-3-5-10/h1-5,11H,6-9H2. The number of rotatable bonds is 2. The first-order valence-electron chi connectivity index (χ1n) is 5.56. The maximum absolute atomic E-state index is 13.0. The summed E-state index contributed by atoms with van der Waals surface area (Å²) in [5.74, 6) is -2.32. The van der Waals surface area contributed by atoms with E-state index in [-0.39, 0.29) is 18.8 Å². The minimum Gasteiger partial charge on any atom is -0.207 e. The van der Waals surface area contributed by atoms with Gasteiger partial charge in [-0.3, -0.25) is 0 Å². The van der Waals surface area contributed by atoms with Crippen LogP contribution in [0, 0.1) is 5.92 Å². The Morgan fingerprint density at radius 3 is 2.25 bits per heavy atom. The van der Waals surface area contributed by atoms with Gasteiger partial charge in [-0.1, -0.05) is 42.5 Å². The van der Waals surface area contributed by atoms with Crippen LogP contribution in [-0.2, 0) is 0 Å². The molecule has 0 radical (unpaired) electrons. The third-order valence-corrected chi connectivity index (χ3v) is 3.72. The van der Waals surface area contributed by atoms with Gasteiger partial charge in [0.05, 0.1) is 0 Å². The smallest absolute Gasteiger partial charge is 0.207 e. The Balaban J connectivity index is 2.03. The number of hydrogen-bond donors (Lipinski definition) is 0. The van der Waals surface area contributed by atoms with Gasteiger partial charge in [-0.05, 0) is 24.3 Å². The molecule has 0 amide bonds. The van der Waals surface area contributed by atoms with E-state index >= 15 is 0 Å². The summed E-state index contributed by atoms with van der Waals surface area (Å²) in [6.07, 6.45) is 0.983. The summed E-state index contributed by atoms with van der Waals surface area (Å²) >= 11 is 5.37. The molecule has 2 rings (SSSR count). The third kappa shape index (κ3) is 2.64. The molecule has 1 aromatic rings. The van der Waals surface area contributed by atoms with Crippen LogP contribution >= 0.6 is 12.2 Å². The van der Waals surface area contributed by atoms with Gasteiger partial charge in [0, 0.05) is 17.7 Å². The van der Waals surface area contributed by atoms with E-state index in [1.807, 2.05) is 30.3 Å². The highest BCUT2D eigenvalue weighted by atomic mass is 32.1. The summed E-state index contributed by atoms with van der Waals surface area (Å²) < 4.78 is 26.0. The molecule has 0 aromatic heterocycles. The molecule has 0 bridgehead atoms. The van der Waals surface area contributed by atoms with Gasteiger partial charge in [0.25, 0.3) is 0 Å². The van der Waals surface area contributed by atoms with Crippen LogP contribution in [0.1, 0.15) is 31.2 Å². The Hall–Kier alpha value is -0.830. The largest absolute Gasteiger partial charge is 0.248 e. The molecule has 1 aliphatic carbocycles. The van der Waals surface area contributed by atoms with E-state index in [0.29, 0.717) is 12.8 Å². The first kappa shape index (κ1) is 11.6. The molecule has 16 heavy (non-hydrogen) atoms. The van der Waals surface area contributed by atoms with Crippen LogP contribution in [0.4, 0.5) is 8.78 Å². The molecule has 0 heterocycles. The quantitative estimate of drug-likeness (QED) is 0.550. The number of hydrogen-bond acceptors (Lipinski definition) is 1. The first-order chi connectivity index (χ1) is 7.58. The Bertz CT molecular complexity index is 363. The van der Waals surface area contributed by atoms with Crippen molar-refractivity contribution in [3.05, 3.63) is 35.9 Å². The molecule has 0 unspecified atom stereocenters. The van der Waals surface area contributed by atoms with E-state index in [4.69, 9.17) is 12.2 Å². The van der Waals surface area contributed by atoms with E-state index in [9.17, 15) is 8.78 Å². The van der Waals surface area contributed by atoms with Crippen LogP contribution in [0.25, 0.3) is 0 Å². The lowest BCUT2D eigenvalue weighted by Gasteiger charge is -2.28. The van der Waals surface area contributed by atoms with Crippen molar-refractivity contribution in [2.24, 2.45) is 5.92 Å². The Morgan fingerprint density at radius 2 is 1.69 bits per heavy atom. The van der Waals surface area contributed by atoms with Crippen molar-refractivity contribution in [1.82, 2.24) is 0 Å². The molecule has 0 spiro atoms. The third-order valence-electron chi connectivity index (χ3n) is 3.15. The van der Waals surface area contributed by atoms with Crippen LogP contribution in [0.15, 0.2) is 30.3 Å². The Kier molecular flexibility index (Phi) is 3.33. The lowest BCUT2D eigenvalue weighted by molar-refractivity contribution is -0.0391. The fourth-order valence-electron chi connectivity index (χ4n) is 2.14. The molecule has 0 atom stereocenters. The maximum Gasteiger partial charge on any atom is 0.248 e. The van der Waals surface area contributed by atoms with Crippen LogP contribution in [-0.4, -0.2) is 10.8 Å². The monoisotopic (exact) mass is 240 g/mol. The van der Waals surface area contributed by atoms with Crippen molar-refractivity contribution >= 4 is 17.1 Å². The van der Waals surface area contributed by atoms with Gasteiger partial charge in [0.2, 0.25) is 5.92 Å². The number of alkyl halides is 2. The van der Waals surface area contributed by atoms with E-state index < -0.39 is 5.92 Å². The van der Waals surface area contributed by atoms with Crippen molar-refractivity contribution in [3.63, 3.8) is 0 Å². The molecule has 0 N–H and O–H groups in total. The Morgan fingerprint density at radius 1 is 1.12 bits per heavy atom. The second kappa shape index (κ2) is 4.58. The molecule has 3 heteroatoms. The molecular weight excluding hydrogens is 226 g/mol. The summed E-state index contributed by atoms with van der Waals surface area (Å²) in [6, 6.07) is 9.70. The second-order valence-corrected chi connectivity index (χ2v) is 4.80. The zero-order chi connectivity index (χ0) is 11.6. The SMILES string of the molecule is FC1(F)CCC(C(=S)c2ccccc2)CC1. The molecular formula is C13H14F2S. The molecule has 1 aromatic carbocycles. The fourth-order valence-corrected chi connectivity index (χ4v) is 2.51. The van der Waals surface area contributed by atoms with Crippen molar-refractivity contribution in [3.8, 4) is 0 Å². The average Bonchev–Trinajstić information content (AvgIpc) is 2.29. The number of halogens is 2. The highest BCUT2D eigenvalue weighted by molar-refractivity contribution is 7.80. The highest BCUT2D eigenvalue weighted by Crippen LogP contribution is 2.37. The predicted molar refractivity (Wildman–Crippen MR) is 65.0 cm³/mol. The number of thiocarbonyl (C=S) groups is 1. The minimum atomic E-state index is -2.47. The molecule has 86 valence electrons. The van der Waals surface area contributed by atoms with E-state index in [2.05, 4.69) is 0 Å². The van der Waals surface area contributed by atoms with Crippen LogP contribution < -0.4 is 0 Å². The van der Waals surface area contributed by atoms with E-state index in [1.54, 1.807) is 0 Å². The zero-order valence-electron chi connectivity index (χ0n) is 8.96. The van der Waals surface area contributed by atoms with Crippen LogP contribution in [0.3, 0.4) is 0 Å². The Labute approximate surface area is 99.7 Å². The predicted octanol–water partition coefficient (Wildman–Crippen LogP) is 4.23. The van der Waals surface area contributed by atoms with Gasteiger partial charge in [0.15, 0.2) is 0 Å². The summed E-state index contributed by atoms with van der Waals surface area (Å²) in [5.41, 5.74) is 1.01. The summed E-state index contributed by atoms with van der Waals surface area (Å²) in [5, 5.41) is 0. The van der Waals surface area contributed by atoms with Gasteiger partial charge in [-0.15, -0.1) is 0 Å². The molecule has 1 aliphatic rings. The lowest BCUT2D eigenvalue weighted by Crippen LogP contribution is -2.28. The van der Waals surface area contributed by atoms with Gasteiger partial charge in [-0.25, -0.2) is 8.78 Å². The van der Waals surface area contributed by atoms with Crippen molar-refractivity contribution in [2.75, 3.05) is 0 Å². The highest BCUT2D eigenvalue weighted by Gasteiger charge is 2.36. The molecule has 0 nitrogen and oxygen atoms in total. The van der Waals surface area contributed by atoms with Gasteiger partial charge in [0.1, 0.15) is 0 Å². The van der Waals surface area contributed by atoms with Crippen molar-refractivity contribution in [1.29, 1.82) is 0 Å². The normalized spacial score (nSPS) is 20.6. The zero-order valence-corrected chi connectivity index (χ0v) is 9.77. The van der Waals surface area contributed by atoms with Gasteiger partial charge >= 0.3 is 0 Å². The second-order valence-electron chi connectivity index (χ2n) is 4.36. The van der Waals surface area contributed by atoms with E-state index in [0.717, 1.165) is 10.4 Å². The van der Waals surface area contributed by atoms with Crippen molar-refractivity contribution in [2.45, 2.75) is 31.6 Å². The number of benzene rings is 1. The first-order valence-corrected chi connectivity index (χ1v) is 5.96. The minimum absolute atomic E-state index is 0.0232. The van der Waals surface area contributed by atoms with Crippen molar-refractivity contribution < 1.29 is 8.78 Å². The fraction of sp³-hybridized carbons (Fsp3) is 0.462. The molecule has 0 aliphatic heterocycles. The maximum atomic E-state index is 13.0. The van der Waals surface area contributed by atoms with E-state index in [1.165, 1.54) is 0 Å². The average molecular weight is 240 g/mol. The topological polar surface area (TPSA) is 0 Å². The summed E-state index contributed by atoms with van der Waals surface area (Å²) in [6.45, 7) is 0. The van der Waals surface area contributed by atoms with Crippen LogP contribution in [0.5, 0.6) is 0 Å². The molecule has 1 saturated carbocycles. The molecule has 0 saturated heterocycles.